The van der Waals surface area contributed by atoms with Crippen LogP contribution in [-0.2, 0) is 6.61 Å². The third-order valence-corrected chi connectivity index (χ3v) is 3.67. The van der Waals surface area contributed by atoms with Gasteiger partial charge in [0.1, 0.15) is 0 Å². The number of benzene rings is 2. The number of para-hydroxylation sites is 1. The first-order chi connectivity index (χ1) is 7.81. The summed E-state index contributed by atoms with van der Waals surface area (Å²) >= 11 is 1.46. The number of aliphatic hydroxyl groups is 1. The van der Waals surface area contributed by atoms with Crippen molar-refractivity contribution in [3.8, 4) is 11.5 Å². The predicted octanol–water partition coefficient (Wildman–Crippen LogP) is 1.23. The van der Waals surface area contributed by atoms with Crippen molar-refractivity contribution in [1.29, 1.82) is 0 Å². The summed E-state index contributed by atoms with van der Waals surface area (Å²) in [5, 5.41) is 9.16. The maximum atomic E-state index is 9.16. The third kappa shape index (κ3) is 2.46. The van der Waals surface area contributed by atoms with E-state index in [2.05, 4.69) is 0 Å². The van der Waals surface area contributed by atoms with Gasteiger partial charge in [-0.15, -0.1) is 0 Å². The summed E-state index contributed by atoms with van der Waals surface area (Å²) in [7, 11) is 0. The first-order valence-electron chi connectivity index (χ1n) is 5.02. The Morgan fingerprint density at radius 3 is 2.44 bits per heavy atom. The van der Waals surface area contributed by atoms with Crippen molar-refractivity contribution in [2.45, 2.75) is 6.61 Å². The molecule has 2 nitrogen and oxygen atoms in total. The van der Waals surface area contributed by atoms with Gasteiger partial charge in [-0.25, -0.2) is 0 Å². The first kappa shape index (κ1) is 11.2. The van der Waals surface area contributed by atoms with Crippen LogP contribution < -0.4 is 9.09 Å². The number of hydrogen-bond acceptors (Lipinski definition) is 2. The van der Waals surface area contributed by atoms with E-state index >= 15 is 0 Å². The predicted molar refractivity (Wildman–Crippen MR) is 67.1 cm³/mol. The molecule has 0 bridgehead atoms. The van der Waals surface area contributed by atoms with Crippen LogP contribution >= 0.6 is 0 Å². The zero-order valence-corrected chi connectivity index (χ0v) is 11.2. The zero-order chi connectivity index (χ0) is 11.4. The topological polar surface area (TPSA) is 29.5 Å². The summed E-state index contributed by atoms with van der Waals surface area (Å²) in [6, 6.07) is 15.4. The van der Waals surface area contributed by atoms with E-state index in [0.717, 1.165) is 21.4 Å². The number of rotatable bonds is 3. The van der Waals surface area contributed by atoms with Crippen LogP contribution in [-0.4, -0.2) is 22.0 Å². The van der Waals surface area contributed by atoms with Gasteiger partial charge in [0, 0.05) is 0 Å². The summed E-state index contributed by atoms with van der Waals surface area (Å²) in [6.07, 6.45) is 0. The minimum absolute atomic E-state index is 0.0551. The van der Waals surface area contributed by atoms with Crippen molar-refractivity contribution in [3.63, 3.8) is 0 Å². The molecule has 0 heterocycles. The summed E-state index contributed by atoms with van der Waals surface area (Å²) in [4.78, 5) is 0. The van der Waals surface area contributed by atoms with Crippen LogP contribution in [0.25, 0.3) is 0 Å². The standard InChI is InChI=1S/C13H13AsO2/c14-13-10(9-15)5-4-8-12(13)16-11-6-2-1-3-7-11/h1-8,15H,9,14H2. The van der Waals surface area contributed by atoms with Crippen molar-refractivity contribution < 1.29 is 9.84 Å². The Kier molecular flexibility index (Phi) is 3.65. The Balaban J connectivity index is 2.28. The van der Waals surface area contributed by atoms with E-state index in [0.29, 0.717) is 0 Å². The van der Waals surface area contributed by atoms with E-state index in [1.54, 1.807) is 0 Å². The minimum atomic E-state index is 0.0551. The number of ether oxygens (including phenoxy) is 1. The third-order valence-electron chi connectivity index (χ3n) is 2.30. The molecule has 2 rings (SSSR count). The Hall–Kier alpha value is -1.24. The Labute approximate surface area is 103 Å². The molecule has 2 aromatic rings. The van der Waals surface area contributed by atoms with Gasteiger partial charge in [0.15, 0.2) is 0 Å². The molecule has 3 heteroatoms. The second-order valence-electron chi connectivity index (χ2n) is 3.40. The molecule has 0 spiro atoms. The molecule has 0 aromatic heterocycles. The van der Waals surface area contributed by atoms with Gasteiger partial charge in [0.25, 0.3) is 0 Å². The van der Waals surface area contributed by atoms with Gasteiger partial charge in [0.2, 0.25) is 0 Å². The van der Waals surface area contributed by atoms with Gasteiger partial charge in [-0.1, -0.05) is 0 Å². The molecule has 0 fully saturated rings. The molecule has 1 N–H and O–H groups in total. The molecule has 0 aliphatic rings. The molecular weight excluding hydrogens is 263 g/mol. The Morgan fingerprint density at radius 2 is 1.75 bits per heavy atom. The van der Waals surface area contributed by atoms with Crippen LogP contribution in [0.1, 0.15) is 5.56 Å². The van der Waals surface area contributed by atoms with E-state index < -0.39 is 0 Å². The van der Waals surface area contributed by atoms with Crippen molar-refractivity contribution in [2.75, 3.05) is 0 Å². The molecule has 0 aliphatic heterocycles. The van der Waals surface area contributed by atoms with E-state index in [1.165, 1.54) is 16.9 Å². The fourth-order valence-corrected chi connectivity index (χ4v) is 2.15. The molecule has 0 radical (unpaired) electrons. The fourth-order valence-electron chi connectivity index (χ4n) is 1.43. The molecule has 1 unspecified atom stereocenters. The molecule has 0 aliphatic carbocycles. The molecule has 82 valence electrons. The van der Waals surface area contributed by atoms with E-state index in [-0.39, 0.29) is 6.61 Å². The van der Waals surface area contributed by atoms with Crippen LogP contribution in [0.2, 0.25) is 0 Å². The molecule has 0 saturated carbocycles. The second-order valence-corrected chi connectivity index (χ2v) is 4.61. The van der Waals surface area contributed by atoms with Crippen LogP contribution in [0.4, 0.5) is 0 Å². The second kappa shape index (κ2) is 5.20. The van der Waals surface area contributed by atoms with E-state index in [4.69, 9.17) is 9.84 Å². The molecule has 16 heavy (non-hydrogen) atoms. The van der Waals surface area contributed by atoms with Gasteiger partial charge < -0.3 is 0 Å². The first-order valence-corrected chi connectivity index (χ1v) is 6.23. The van der Waals surface area contributed by atoms with Gasteiger partial charge in [0.05, 0.1) is 0 Å². The fraction of sp³-hybridized carbons (Fsp3) is 0.0769. The number of hydrogen-bond donors (Lipinski definition) is 1. The Morgan fingerprint density at radius 1 is 1.00 bits per heavy atom. The van der Waals surface area contributed by atoms with E-state index in [1.807, 2.05) is 48.5 Å². The quantitative estimate of drug-likeness (QED) is 0.854. The SMILES string of the molecule is OCc1cccc(Oc2ccccc2)c1[AsH2]. The summed E-state index contributed by atoms with van der Waals surface area (Å²) < 4.78 is 6.80. The van der Waals surface area contributed by atoms with E-state index in [9.17, 15) is 0 Å². The van der Waals surface area contributed by atoms with Crippen LogP contribution in [0, 0.1) is 0 Å². The Bertz CT molecular complexity index is 469. The molecule has 2 aromatic carbocycles. The van der Waals surface area contributed by atoms with Crippen LogP contribution in [0.15, 0.2) is 48.5 Å². The molecular formula is C13H13AsO2. The van der Waals surface area contributed by atoms with Gasteiger partial charge >= 0.3 is 103 Å². The van der Waals surface area contributed by atoms with Crippen LogP contribution in [0.3, 0.4) is 0 Å². The monoisotopic (exact) mass is 276 g/mol. The molecule has 1 atom stereocenters. The van der Waals surface area contributed by atoms with Crippen molar-refractivity contribution in [3.05, 3.63) is 54.1 Å². The van der Waals surface area contributed by atoms with Crippen molar-refractivity contribution in [1.82, 2.24) is 0 Å². The summed E-state index contributed by atoms with van der Waals surface area (Å²) in [5.41, 5.74) is 0.924. The number of aliphatic hydroxyl groups excluding tert-OH is 1. The van der Waals surface area contributed by atoms with Gasteiger partial charge in [-0.3, -0.25) is 0 Å². The van der Waals surface area contributed by atoms with Crippen molar-refractivity contribution >= 4 is 21.2 Å². The summed E-state index contributed by atoms with van der Waals surface area (Å²) in [6.45, 7) is 0.0551. The van der Waals surface area contributed by atoms with Gasteiger partial charge in [-0.05, 0) is 0 Å². The molecule has 0 amide bonds. The maximum absolute atomic E-state index is 9.16. The van der Waals surface area contributed by atoms with Crippen molar-refractivity contribution in [2.24, 2.45) is 0 Å². The average molecular weight is 276 g/mol. The average Bonchev–Trinajstić information content (AvgIpc) is 2.33. The van der Waals surface area contributed by atoms with Gasteiger partial charge in [-0.2, -0.15) is 0 Å². The van der Waals surface area contributed by atoms with Crippen LogP contribution in [0.5, 0.6) is 11.5 Å². The zero-order valence-electron chi connectivity index (χ0n) is 8.76. The summed E-state index contributed by atoms with van der Waals surface area (Å²) in [5.74, 6) is 1.63. The molecule has 0 saturated heterocycles. The normalized spacial score (nSPS) is 10.1.